The summed E-state index contributed by atoms with van der Waals surface area (Å²) in [7, 11) is 0. The lowest BCUT2D eigenvalue weighted by Crippen LogP contribution is -2.28. The van der Waals surface area contributed by atoms with E-state index in [4.69, 9.17) is 14.8 Å². The summed E-state index contributed by atoms with van der Waals surface area (Å²) in [6.45, 7) is 4.68. The molecule has 1 unspecified atom stereocenters. The number of carbonyl (C=O) groups excluding carboxylic acids is 1. The second-order valence-electron chi connectivity index (χ2n) is 9.27. The van der Waals surface area contributed by atoms with E-state index >= 15 is 0 Å². The highest BCUT2D eigenvalue weighted by molar-refractivity contribution is 6.04. The molecule has 32 heavy (non-hydrogen) atoms. The maximum absolute atomic E-state index is 12.6. The lowest BCUT2D eigenvalue weighted by Gasteiger charge is -2.26. The van der Waals surface area contributed by atoms with Crippen LogP contribution in [0.4, 0.5) is 0 Å². The molecule has 5 nitrogen and oxygen atoms in total. The largest absolute Gasteiger partial charge is 0.481 e. The molecule has 0 aromatic heterocycles. The minimum Gasteiger partial charge on any atom is -0.481 e. The summed E-state index contributed by atoms with van der Waals surface area (Å²) in [5.74, 6) is 0.371. The molecule has 2 heterocycles. The number of hydrogen-bond acceptors (Lipinski definition) is 4. The molecule has 2 bridgehead atoms. The molecule has 1 aromatic carbocycles. The zero-order valence-corrected chi connectivity index (χ0v) is 19.4. The molecule has 5 heteroatoms. The van der Waals surface area contributed by atoms with E-state index in [1.165, 1.54) is 0 Å². The normalized spacial score (nSPS) is 26.0. The van der Waals surface area contributed by atoms with E-state index in [1.54, 1.807) is 0 Å². The molecule has 2 fully saturated rings. The van der Waals surface area contributed by atoms with Crippen molar-refractivity contribution in [3.05, 3.63) is 48.0 Å². The number of hydrogen-bond donors (Lipinski definition) is 1. The van der Waals surface area contributed by atoms with E-state index in [9.17, 15) is 9.59 Å². The fourth-order valence-electron chi connectivity index (χ4n) is 5.05. The number of fused-ring (bicyclic) bond motifs is 2. The first kappa shape index (κ1) is 24.4. The first-order valence-electron chi connectivity index (χ1n) is 12.1. The van der Waals surface area contributed by atoms with Crippen LogP contribution in [0.15, 0.2) is 47.5 Å². The molecule has 0 spiro atoms. The predicted molar refractivity (Wildman–Crippen MR) is 127 cm³/mol. The Balaban J connectivity index is 1.46. The number of ether oxygens (including phenoxy) is 1. The zero-order valence-electron chi connectivity index (χ0n) is 19.4. The molecular formula is C27H37NO4. The van der Waals surface area contributed by atoms with E-state index in [-0.39, 0.29) is 18.1 Å². The number of benzene rings is 1. The minimum absolute atomic E-state index is 0.156. The van der Waals surface area contributed by atoms with Crippen molar-refractivity contribution in [2.75, 3.05) is 6.54 Å². The Morgan fingerprint density at radius 2 is 1.88 bits per heavy atom. The number of nitrogens with zero attached hydrogens (tertiary/aromatic N) is 1. The van der Waals surface area contributed by atoms with E-state index in [0.29, 0.717) is 36.9 Å². The van der Waals surface area contributed by atoms with Crippen LogP contribution in [0.25, 0.3) is 0 Å². The van der Waals surface area contributed by atoms with Crippen molar-refractivity contribution in [2.24, 2.45) is 22.7 Å². The van der Waals surface area contributed by atoms with Crippen LogP contribution in [0.3, 0.4) is 0 Å². The molecule has 2 aliphatic rings. The van der Waals surface area contributed by atoms with Gasteiger partial charge in [-0.1, -0.05) is 49.4 Å². The van der Waals surface area contributed by atoms with Crippen LogP contribution < -0.4 is 0 Å². The van der Waals surface area contributed by atoms with Gasteiger partial charge in [0.25, 0.3) is 0 Å². The van der Waals surface area contributed by atoms with Crippen LogP contribution in [-0.4, -0.2) is 41.3 Å². The molecule has 0 aliphatic carbocycles. The highest BCUT2D eigenvalue weighted by Crippen LogP contribution is 2.46. The van der Waals surface area contributed by atoms with Gasteiger partial charge >= 0.3 is 5.97 Å². The van der Waals surface area contributed by atoms with Gasteiger partial charge in [0.05, 0.1) is 18.1 Å². The summed E-state index contributed by atoms with van der Waals surface area (Å²) in [6, 6.07) is 9.88. The monoisotopic (exact) mass is 439 g/mol. The van der Waals surface area contributed by atoms with Crippen molar-refractivity contribution >= 4 is 17.5 Å². The average Bonchev–Trinajstić information content (AvgIpc) is 3.38. The number of rotatable bonds is 13. The van der Waals surface area contributed by atoms with Crippen LogP contribution in [0.2, 0.25) is 0 Å². The van der Waals surface area contributed by atoms with Crippen molar-refractivity contribution in [1.29, 1.82) is 0 Å². The summed E-state index contributed by atoms with van der Waals surface area (Å²) in [5, 5.41) is 8.73. The Morgan fingerprint density at radius 1 is 1.16 bits per heavy atom. The molecule has 3 rings (SSSR count). The number of Topliss-reactive ketones (excluding diaryl/α,β-unsaturated/α-hetero) is 1. The zero-order chi connectivity index (χ0) is 22.9. The summed E-state index contributed by atoms with van der Waals surface area (Å²) in [4.78, 5) is 28.0. The SMILES string of the molecule is CC(=NCC[C@@H]1[C@H](CC=CCCCC(=O)O)[C@@H]2CC[C@H]1O2)C(C)C(=O)Cc1ccccc1. The molecule has 0 radical (unpaired) electrons. The molecule has 1 aromatic rings. The molecule has 0 amide bonds. The second kappa shape index (κ2) is 12.1. The number of carbonyl (C=O) groups is 2. The lowest BCUT2D eigenvalue weighted by atomic mass is 9.76. The maximum atomic E-state index is 12.6. The third-order valence-corrected chi connectivity index (χ3v) is 7.08. The first-order chi connectivity index (χ1) is 15.5. The summed E-state index contributed by atoms with van der Waals surface area (Å²) >= 11 is 0. The number of unbranched alkanes of at least 4 members (excludes halogenated alkanes) is 1. The Hall–Kier alpha value is -2.27. The predicted octanol–water partition coefficient (Wildman–Crippen LogP) is 5.28. The van der Waals surface area contributed by atoms with Crippen molar-refractivity contribution in [1.82, 2.24) is 0 Å². The van der Waals surface area contributed by atoms with Gasteiger partial charge in [0.15, 0.2) is 0 Å². The second-order valence-corrected chi connectivity index (χ2v) is 9.27. The van der Waals surface area contributed by atoms with E-state index in [1.807, 2.05) is 44.2 Å². The number of ketones is 1. The van der Waals surface area contributed by atoms with Gasteiger partial charge in [0, 0.05) is 25.1 Å². The van der Waals surface area contributed by atoms with Crippen molar-refractivity contribution < 1.29 is 19.4 Å². The Morgan fingerprint density at radius 3 is 2.59 bits per heavy atom. The van der Waals surface area contributed by atoms with Gasteiger partial charge < -0.3 is 9.84 Å². The topological polar surface area (TPSA) is 76.0 Å². The van der Waals surface area contributed by atoms with E-state index in [0.717, 1.165) is 49.9 Å². The van der Waals surface area contributed by atoms with Crippen molar-refractivity contribution in [2.45, 2.75) is 77.4 Å². The molecule has 5 atom stereocenters. The number of carboxylic acids is 1. The van der Waals surface area contributed by atoms with Crippen LogP contribution in [0.1, 0.15) is 64.4 Å². The smallest absolute Gasteiger partial charge is 0.303 e. The highest BCUT2D eigenvalue weighted by Gasteiger charge is 2.47. The standard InChI is InChI=1S/C27H37NO4/c1-19(24(29)18-21-10-6-5-7-11-21)20(2)28-17-16-23-22(25-14-15-26(23)32-25)12-8-3-4-9-13-27(30)31/h3,5-8,10-11,19,22-23,25-26H,4,9,12-18H2,1-2H3,(H,30,31)/t19?,22-,23+,25-,26+/m0/s1. The van der Waals surface area contributed by atoms with Gasteiger partial charge in [-0.15, -0.1) is 0 Å². The number of aliphatic imine (C=N–C) groups is 1. The van der Waals surface area contributed by atoms with E-state index < -0.39 is 5.97 Å². The molecular weight excluding hydrogens is 402 g/mol. The van der Waals surface area contributed by atoms with Gasteiger partial charge in [-0.25, -0.2) is 0 Å². The lowest BCUT2D eigenvalue weighted by molar-refractivity contribution is -0.137. The fraction of sp³-hybridized carbons (Fsp3) is 0.593. The highest BCUT2D eigenvalue weighted by atomic mass is 16.5. The third-order valence-electron chi connectivity index (χ3n) is 7.08. The fourth-order valence-corrected chi connectivity index (χ4v) is 5.05. The average molecular weight is 440 g/mol. The summed E-state index contributed by atoms with van der Waals surface area (Å²) in [6.07, 6.45) is 11.5. The van der Waals surface area contributed by atoms with Crippen LogP contribution in [0.5, 0.6) is 0 Å². The minimum atomic E-state index is -0.730. The molecule has 2 saturated heterocycles. The number of aliphatic carboxylic acids is 1. The Kier molecular flexibility index (Phi) is 9.22. The molecule has 2 aliphatic heterocycles. The summed E-state index contributed by atoms with van der Waals surface area (Å²) in [5.41, 5.74) is 1.97. The molecule has 174 valence electrons. The van der Waals surface area contributed by atoms with Gasteiger partial charge in [-0.2, -0.15) is 0 Å². The van der Waals surface area contributed by atoms with E-state index in [2.05, 4.69) is 12.2 Å². The number of allylic oxidation sites excluding steroid dienone is 2. The molecule has 1 N–H and O–H groups in total. The quantitative estimate of drug-likeness (QED) is 0.258. The number of carboxylic acid groups (broad SMARTS) is 1. The Bertz CT molecular complexity index is 816. The molecule has 0 saturated carbocycles. The third kappa shape index (κ3) is 6.86. The van der Waals surface area contributed by atoms with Gasteiger partial charge in [0.2, 0.25) is 0 Å². The summed E-state index contributed by atoms with van der Waals surface area (Å²) < 4.78 is 6.20. The van der Waals surface area contributed by atoms with Gasteiger partial charge in [-0.05, 0) is 62.8 Å². The Labute approximate surface area is 192 Å². The van der Waals surface area contributed by atoms with Crippen molar-refractivity contribution in [3.63, 3.8) is 0 Å². The maximum Gasteiger partial charge on any atom is 0.303 e. The first-order valence-corrected chi connectivity index (χ1v) is 12.1. The van der Waals surface area contributed by atoms with Gasteiger partial charge in [0.1, 0.15) is 5.78 Å². The van der Waals surface area contributed by atoms with Crippen LogP contribution in [-0.2, 0) is 20.7 Å². The van der Waals surface area contributed by atoms with Crippen LogP contribution >= 0.6 is 0 Å². The van der Waals surface area contributed by atoms with Crippen molar-refractivity contribution in [3.8, 4) is 0 Å². The van der Waals surface area contributed by atoms with Gasteiger partial charge in [-0.3, -0.25) is 14.6 Å². The van der Waals surface area contributed by atoms with Crippen LogP contribution in [0, 0.1) is 17.8 Å².